The lowest BCUT2D eigenvalue weighted by Crippen LogP contribution is -2.49. The van der Waals surface area contributed by atoms with Crippen LogP contribution < -0.4 is 5.32 Å². The van der Waals surface area contributed by atoms with Crippen LogP contribution in [0, 0.1) is 12.7 Å². The summed E-state index contributed by atoms with van der Waals surface area (Å²) in [6.45, 7) is 3.58. The number of aromatic nitrogens is 3. The van der Waals surface area contributed by atoms with E-state index >= 15 is 0 Å². The number of nitrogens with zero attached hydrogens (tertiary/aromatic N) is 4. The number of benzene rings is 2. The Bertz CT molecular complexity index is 1000. The Balaban J connectivity index is 1.65. The van der Waals surface area contributed by atoms with E-state index in [0.717, 1.165) is 5.56 Å². The maximum Gasteiger partial charge on any atom is 0.294 e. The topological polar surface area (TPSA) is 63.1 Å². The normalized spacial score (nSPS) is 17.0. The van der Waals surface area contributed by atoms with Gasteiger partial charge in [-0.15, -0.1) is 5.10 Å². The first-order valence-electron chi connectivity index (χ1n) is 9.00. The summed E-state index contributed by atoms with van der Waals surface area (Å²) in [6, 6.07) is 13.2. The van der Waals surface area contributed by atoms with Crippen molar-refractivity contribution in [2.45, 2.75) is 13.0 Å². The van der Waals surface area contributed by atoms with Gasteiger partial charge in [0.05, 0.1) is 11.7 Å². The Kier molecular flexibility index (Phi) is 5.11. The molecule has 1 N–H and O–H groups in total. The largest absolute Gasteiger partial charge is 0.326 e. The zero-order valence-corrected chi connectivity index (χ0v) is 16.0. The summed E-state index contributed by atoms with van der Waals surface area (Å²) in [4.78, 5) is 19.3. The molecule has 0 aliphatic carbocycles. The minimum atomic E-state index is -0.332. The van der Waals surface area contributed by atoms with Gasteiger partial charge < -0.3 is 10.2 Å². The number of rotatable bonds is 3. The molecule has 0 spiro atoms. The lowest BCUT2D eigenvalue weighted by atomic mass is 10.0. The molecule has 4 rings (SSSR count). The lowest BCUT2D eigenvalue weighted by Gasteiger charge is -2.36. The first kappa shape index (κ1) is 18.6. The van der Waals surface area contributed by atoms with Crippen LogP contribution in [0.5, 0.6) is 0 Å². The standard InChI is InChI=1S/C20H19ClFN5O/c1-13-24-19(25-27(13)15-8-6-14(22)7-9-15)20(28)26-11-10-23-12-18(26)16-4-2-3-5-17(16)21/h2-9,18,23H,10-12H2,1H3. The van der Waals surface area contributed by atoms with E-state index < -0.39 is 0 Å². The SMILES string of the molecule is Cc1nc(C(=O)N2CCNCC2c2ccccc2Cl)nn1-c1ccc(F)cc1. The zero-order valence-electron chi connectivity index (χ0n) is 15.3. The molecule has 6 nitrogen and oxygen atoms in total. The number of hydrogen-bond donors (Lipinski definition) is 1. The molecule has 1 saturated heterocycles. The minimum absolute atomic E-state index is 0.112. The number of halogens is 2. The van der Waals surface area contributed by atoms with Gasteiger partial charge in [0.1, 0.15) is 11.6 Å². The second-order valence-corrected chi connectivity index (χ2v) is 7.02. The van der Waals surface area contributed by atoms with Crippen LogP contribution in [-0.2, 0) is 0 Å². The van der Waals surface area contributed by atoms with Crippen molar-refractivity contribution in [3.05, 3.63) is 76.6 Å². The highest BCUT2D eigenvalue weighted by Crippen LogP contribution is 2.29. The number of hydrogen-bond acceptors (Lipinski definition) is 4. The second kappa shape index (κ2) is 7.69. The summed E-state index contributed by atoms with van der Waals surface area (Å²) in [6.07, 6.45) is 0. The molecule has 2 heterocycles. The van der Waals surface area contributed by atoms with Gasteiger partial charge in [0.25, 0.3) is 5.91 Å². The molecule has 8 heteroatoms. The highest BCUT2D eigenvalue weighted by molar-refractivity contribution is 6.31. The zero-order chi connectivity index (χ0) is 19.7. The first-order chi connectivity index (χ1) is 13.5. The molecule has 3 aromatic rings. The predicted octanol–water partition coefficient (Wildman–Crippen LogP) is 3.15. The summed E-state index contributed by atoms with van der Waals surface area (Å²) in [5.74, 6) is 0.0803. The summed E-state index contributed by atoms with van der Waals surface area (Å²) in [5.41, 5.74) is 1.54. The number of aryl methyl sites for hydroxylation is 1. The van der Waals surface area contributed by atoms with Crippen LogP contribution in [0.25, 0.3) is 5.69 Å². The molecule has 1 aliphatic rings. The fourth-order valence-corrected chi connectivity index (χ4v) is 3.67. The van der Waals surface area contributed by atoms with E-state index in [9.17, 15) is 9.18 Å². The van der Waals surface area contributed by atoms with E-state index in [1.165, 1.54) is 12.1 Å². The van der Waals surface area contributed by atoms with Crippen molar-refractivity contribution in [2.75, 3.05) is 19.6 Å². The van der Waals surface area contributed by atoms with Crippen molar-refractivity contribution < 1.29 is 9.18 Å². The molecule has 144 valence electrons. The van der Waals surface area contributed by atoms with Crippen molar-refractivity contribution >= 4 is 17.5 Å². The third kappa shape index (κ3) is 3.50. The Morgan fingerprint density at radius 2 is 1.96 bits per heavy atom. The number of carbonyl (C=O) groups is 1. The first-order valence-corrected chi connectivity index (χ1v) is 9.38. The van der Waals surface area contributed by atoms with Gasteiger partial charge in [-0.3, -0.25) is 4.79 Å². The quantitative estimate of drug-likeness (QED) is 0.734. The highest BCUT2D eigenvalue weighted by Gasteiger charge is 2.32. The van der Waals surface area contributed by atoms with Crippen LogP contribution in [0.1, 0.15) is 28.0 Å². The molecule has 1 atom stereocenters. The molecule has 0 saturated carbocycles. The van der Waals surface area contributed by atoms with E-state index in [2.05, 4.69) is 15.4 Å². The van der Waals surface area contributed by atoms with Gasteiger partial charge in [0.15, 0.2) is 0 Å². The molecule has 2 aromatic carbocycles. The second-order valence-electron chi connectivity index (χ2n) is 6.61. The molecule has 1 fully saturated rings. The molecule has 1 aliphatic heterocycles. The molecule has 28 heavy (non-hydrogen) atoms. The van der Waals surface area contributed by atoms with E-state index in [4.69, 9.17) is 11.6 Å². The van der Waals surface area contributed by atoms with Gasteiger partial charge in [0, 0.05) is 24.7 Å². The predicted molar refractivity (Wildman–Crippen MR) is 104 cm³/mol. The van der Waals surface area contributed by atoms with Crippen LogP contribution in [0.3, 0.4) is 0 Å². The molecular weight excluding hydrogens is 381 g/mol. The summed E-state index contributed by atoms with van der Waals surface area (Å²) >= 11 is 6.36. The Hall–Kier alpha value is -2.77. The number of nitrogens with one attached hydrogen (secondary N) is 1. The number of piperazine rings is 1. The van der Waals surface area contributed by atoms with Gasteiger partial charge in [-0.25, -0.2) is 14.1 Å². The molecule has 1 aromatic heterocycles. The molecular formula is C20H19ClFN5O. The smallest absolute Gasteiger partial charge is 0.294 e. The average molecular weight is 400 g/mol. The number of amides is 1. The van der Waals surface area contributed by atoms with Crippen molar-refractivity contribution in [2.24, 2.45) is 0 Å². The van der Waals surface area contributed by atoms with Crippen molar-refractivity contribution in [3.63, 3.8) is 0 Å². The van der Waals surface area contributed by atoms with Crippen LogP contribution in [0.2, 0.25) is 5.02 Å². The summed E-state index contributed by atoms with van der Waals surface area (Å²) in [7, 11) is 0. The monoisotopic (exact) mass is 399 g/mol. The Morgan fingerprint density at radius 3 is 2.71 bits per heavy atom. The van der Waals surface area contributed by atoms with Gasteiger partial charge in [-0.2, -0.15) is 0 Å². The van der Waals surface area contributed by atoms with Crippen LogP contribution >= 0.6 is 11.6 Å². The summed E-state index contributed by atoms with van der Waals surface area (Å²) in [5, 5.41) is 8.30. The van der Waals surface area contributed by atoms with Crippen molar-refractivity contribution in [1.82, 2.24) is 25.0 Å². The van der Waals surface area contributed by atoms with Gasteiger partial charge in [-0.1, -0.05) is 29.8 Å². The molecule has 0 radical (unpaired) electrons. The minimum Gasteiger partial charge on any atom is -0.326 e. The van der Waals surface area contributed by atoms with Gasteiger partial charge in [-0.05, 0) is 42.8 Å². The average Bonchev–Trinajstić information content (AvgIpc) is 3.10. The maximum atomic E-state index is 13.2. The van der Waals surface area contributed by atoms with Gasteiger partial charge >= 0.3 is 0 Å². The highest BCUT2D eigenvalue weighted by atomic mass is 35.5. The third-order valence-electron chi connectivity index (χ3n) is 4.80. The van der Waals surface area contributed by atoms with E-state index in [-0.39, 0.29) is 23.6 Å². The molecule has 1 amide bonds. The van der Waals surface area contributed by atoms with Crippen molar-refractivity contribution in [1.29, 1.82) is 0 Å². The molecule has 0 bridgehead atoms. The van der Waals surface area contributed by atoms with E-state index in [1.54, 1.807) is 28.6 Å². The van der Waals surface area contributed by atoms with Crippen LogP contribution in [-0.4, -0.2) is 45.2 Å². The molecule has 1 unspecified atom stereocenters. The van der Waals surface area contributed by atoms with E-state index in [0.29, 0.717) is 36.2 Å². The Labute approximate surface area is 166 Å². The van der Waals surface area contributed by atoms with Crippen LogP contribution in [0.4, 0.5) is 4.39 Å². The van der Waals surface area contributed by atoms with Crippen LogP contribution in [0.15, 0.2) is 48.5 Å². The Morgan fingerprint density at radius 1 is 1.21 bits per heavy atom. The maximum absolute atomic E-state index is 13.2. The third-order valence-corrected chi connectivity index (χ3v) is 5.14. The fraction of sp³-hybridized carbons (Fsp3) is 0.250. The number of carbonyl (C=O) groups excluding carboxylic acids is 1. The summed E-state index contributed by atoms with van der Waals surface area (Å²) < 4.78 is 14.7. The van der Waals surface area contributed by atoms with E-state index in [1.807, 2.05) is 24.3 Å². The fourth-order valence-electron chi connectivity index (χ4n) is 3.41. The lowest BCUT2D eigenvalue weighted by molar-refractivity contribution is 0.0622. The van der Waals surface area contributed by atoms with Gasteiger partial charge in [0.2, 0.25) is 5.82 Å². The van der Waals surface area contributed by atoms with Crippen molar-refractivity contribution in [3.8, 4) is 5.69 Å².